The van der Waals surface area contributed by atoms with Gasteiger partial charge in [-0.25, -0.2) is 0 Å². The minimum Gasteiger partial charge on any atom is -0.456 e. The molecule has 1 aliphatic carbocycles. The number of nitrogens with zero attached hydrogens (tertiary/aromatic N) is 1. The van der Waals surface area contributed by atoms with Crippen molar-refractivity contribution in [1.29, 1.82) is 0 Å². The highest BCUT2D eigenvalue weighted by Gasteiger charge is 2.37. The van der Waals surface area contributed by atoms with E-state index in [0.717, 1.165) is 60.9 Å². The van der Waals surface area contributed by atoms with Crippen molar-refractivity contribution in [2.45, 2.75) is 19.3 Å². The summed E-state index contributed by atoms with van der Waals surface area (Å²) in [5, 5.41) is 7.04. The summed E-state index contributed by atoms with van der Waals surface area (Å²) in [6.45, 7) is 4.67. The normalized spacial score (nSPS) is 13.3. The van der Waals surface area contributed by atoms with Gasteiger partial charge in [0.2, 0.25) is 0 Å². The van der Waals surface area contributed by atoms with Gasteiger partial charge in [0, 0.05) is 44.0 Å². The van der Waals surface area contributed by atoms with E-state index >= 15 is 0 Å². The average Bonchev–Trinajstić information content (AvgIpc) is 3.81. The van der Waals surface area contributed by atoms with Crippen LogP contribution in [0.2, 0.25) is 0 Å². The topological polar surface area (TPSA) is 29.5 Å². The largest absolute Gasteiger partial charge is 0.456 e. The SMILES string of the molecule is CC1(C)c2cc(N(c3ccc(-c4ccc5ccccc5c4)cc3)c3ccc4oc5ccccc5c4c3)ccc2-c2cc3c(cc21)oc1ccccc13. The number of hydrogen-bond acceptors (Lipinski definition) is 3. The van der Waals surface area contributed by atoms with Crippen LogP contribution in [0.4, 0.5) is 17.1 Å². The molecule has 3 nitrogen and oxygen atoms in total. The Morgan fingerprint density at radius 2 is 0.962 bits per heavy atom. The molecule has 11 rings (SSSR count). The van der Waals surface area contributed by atoms with Crippen molar-refractivity contribution in [1.82, 2.24) is 0 Å². The van der Waals surface area contributed by atoms with Crippen molar-refractivity contribution in [3.8, 4) is 22.3 Å². The predicted octanol–water partition coefficient (Wildman–Crippen LogP) is 14.1. The summed E-state index contributed by atoms with van der Waals surface area (Å²) in [4.78, 5) is 2.38. The van der Waals surface area contributed by atoms with Gasteiger partial charge < -0.3 is 13.7 Å². The molecule has 1 aliphatic rings. The third-order valence-electron chi connectivity index (χ3n) is 11.2. The molecule has 10 aromatic rings. The van der Waals surface area contributed by atoms with Crippen LogP contribution in [-0.2, 0) is 5.41 Å². The number of anilines is 3. The number of rotatable bonds is 4. The fraction of sp³-hybridized carbons (Fsp3) is 0.0612. The van der Waals surface area contributed by atoms with E-state index in [1.807, 2.05) is 18.2 Å². The summed E-state index contributed by atoms with van der Waals surface area (Å²) >= 11 is 0. The third kappa shape index (κ3) is 4.26. The minimum atomic E-state index is -0.218. The summed E-state index contributed by atoms with van der Waals surface area (Å²) in [5.74, 6) is 0. The molecule has 246 valence electrons. The van der Waals surface area contributed by atoms with Crippen LogP contribution >= 0.6 is 0 Å². The lowest BCUT2D eigenvalue weighted by atomic mass is 9.82. The summed E-state index contributed by atoms with van der Waals surface area (Å²) in [5.41, 5.74) is 14.3. The first-order valence-electron chi connectivity index (χ1n) is 17.9. The van der Waals surface area contributed by atoms with E-state index in [-0.39, 0.29) is 5.41 Å². The molecule has 0 saturated carbocycles. The number of para-hydroxylation sites is 2. The minimum absolute atomic E-state index is 0.218. The fourth-order valence-corrected chi connectivity index (χ4v) is 8.55. The molecule has 0 N–H and O–H groups in total. The van der Waals surface area contributed by atoms with Gasteiger partial charge in [-0.15, -0.1) is 0 Å². The molecule has 0 fully saturated rings. The van der Waals surface area contributed by atoms with E-state index in [9.17, 15) is 0 Å². The Kier molecular flexibility index (Phi) is 6.01. The smallest absolute Gasteiger partial charge is 0.135 e. The van der Waals surface area contributed by atoms with Gasteiger partial charge in [0.25, 0.3) is 0 Å². The molecule has 0 atom stereocenters. The van der Waals surface area contributed by atoms with Gasteiger partial charge in [-0.2, -0.15) is 0 Å². The Hall–Kier alpha value is -6.58. The molecule has 0 amide bonds. The summed E-state index contributed by atoms with van der Waals surface area (Å²) < 4.78 is 12.6. The molecular weight excluding hydrogens is 635 g/mol. The highest BCUT2D eigenvalue weighted by Crippen LogP contribution is 2.52. The number of furan rings is 2. The van der Waals surface area contributed by atoms with Crippen LogP contribution in [0.5, 0.6) is 0 Å². The van der Waals surface area contributed by atoms with E-state index in [2.05, 4.69) is 164 Å². The van der Waals surface area contributed by atoms with Crippen LogP contribution in [0.3, 0.4) is 0 Å². The van der Waals surface area contributed by atoms with E-state index < -0.39 is 0 Å². The molecule has 0 aliphatic heterocycles. The highest BCUT2D eigenvalue weighted by atomic mass is 16.3. The molecule has 0 spiro atoms. The molecule has 0 bridgehead atoms. The predicted molar refractivity (Wildman–Crippen MR) is 216 cm³/mol. The molecule has 3 heteroatoms. The lowest BCUT2D eigenvalue weighted by Gasteiger charge is -2.28. The van der Waals surface area contributed by atoms with Crippen LogP contribution in [0.25, 0.3) is 76.9 Å². The molecule has 2 heterocycles. The maximum Gasteiger partial charge on any atom is 0.135 e. The summed E-state index contributed by atoms with van der Waals surface area (Å²) in [6.07, 6.45) is 0. The van der Waals surface area contributed by atoms with Gasteiger partial charge in [0.15, 0.2) is 0 Å². The van der Waals surface area contributed by atoms with Crippen molar-refractivity contribution in [2.24, 2.45) is 0 Å². The van der Waals surface area contributed by atoms with Gasteiger partial charge in [0.1, 0.15) is 22.3 Å². The number of benzene rings is 8. The quantitative estimate of drug-likeness (QED) is 0.187. The van der Waals surface area contributed by atoms with Crippen LogP contribution in [0.1, 0.15) is 25.0 Å². The molecule has 0 radical (unpaired) electrons. The zero-order valence-corrected chi connectivity index (χ0v) is 28.9. The molecule has 0 saturated heterocycles. The van der Waals surface area contributed by atoms with Gasteiger partial charge >= 0.3 is 0 Å². The molecular formula is C49H33NO2. The fourth-order valence-electron chi connectivity index (χ4n) is 8.55. The van der Waals surface area contributed by atoms with Gasteiger partial charge in [0.05, 0.1) is 0 Å². The number of hydrogen-bond donors (Lipinski definition) is 0. The Morgan fingerprint density at radius 1 is 0.385 bits per heavy atom. The van der Waals surface area contributed by atoms with E-state index in [4.69, 9.17) is 8.83 Å². The van der Waals surface area contributed by atoms with Gasteiger partial charge in [-0.1, -0.05) is 105 Å². The third-order valence-corrected chi connectivity index (χ3v) is 11.2. The maximum absolute atomic E-state index is 6.35. The first-order valence-corrected chi connectivity index (χ1v) is 17.9. The van der Waals surface area contributed by atoms with Gasteiger partial charge in [-0.3, -0.25) is 0 Å². The van der Waals surface area contributed by atoms with Crippen LogP contribution in [0, 0.1) is 0 Å². The van der Waals surface area contributed by atoms with Crippen LogP contribution < -0.4 is 4.90 Å². The first kappa shape index (κ1) is 29.2. The highest BCUT2D eigenvalue weighted by molar-refractivity contribution is 6.08. The standard InChI is InChI=1S/C49H33NO2/c1-49(2)43-27-36(21-23-37(43)40-28-42-39-12-6-8-14-46(39)52-48(42)29-44(40)49)50(35-22-24-47-41(26-35)38-11-5-7-13-45(38)51-47)34-19-17-31(18-20-34)33-16-15-30-9-3-4-10-32(30)25-33/h3-29H,1-2H3. The van der Waals surface area contributed by atoms with Crippen molar-refractivity contribution in [3.63, 3.8) is 0 Å². The van der Waals surface area contributed by atoms with Crippen molar-refractivity contribution in [3.05, 3.63) is 175 Å². The Balaban J connectivity index is 1.07. The second kappa shape index (κ2) is 10.7. The van der Waals surface area contributed by atoms with E-state index in [0.29, 0.717) is 0 Å². The number of fused-ring (bicyclic) bond motifs is 10. The van der Waals surface area contributed by atoms with Gasteiger partial charge in [-0.05, 0) is 117 Å². The average molecular weight is 668 g/mol. The Bertz CT molecular complexity index is 3050. The Morgan fingerprint density at radius 3 is 1.75 bits per heavy atom. The van der Waals surface area contributed by atoms with Crippen molar-refractivity contribution >= 4 is 71.7 Å². The first-order chi connectivity index (χ1) is 25.5. The lowest BCUT2D eigenvalue weighted by molar-refractivity contribution is 0.647. The summed E-state index contributed by atoms with van der Waals surface area (Å²) in [6, 6.07) is 59.0. The zero-order chi connectivity index (χ0) is 34.6. The van der Waals surface area contributed by atoms with Crippen molar-refractivity contribution in [2.75, 3.05) is 4.90 Å². The molecule has 8 aromatic carbocycles. The van der Waals surface area contributed by atoms with Crippen molar-refractivity contribution < 1.29 is 8.83 Å². The molecule has 0 unspecified atom stereocenters. The van der Waals surface area contributed by atoms with Crippen LogP contribution in [0.15, 0.2) is 173 Å². The molecule has 2 aromatic heterocycles. The van der Waals surface area contributed by atoms with E-state index in [1.54, 1.807) is 0 Å². The maximum atomic E-state index is 6.35. The summed E-state index contributed by atoms with van der Waals surface area (Å²) in [7, 11) is 0. The zero-order valence-electron chi connectivity index (χ0n) is 28.9. The lowest BCUT2D eigenvalue weighted by Crippen LogP contribution is -2.16. The second-order valence-electron chi connectivity index (χ2n) is 14.6. The Labute approximate surface area is 301 Å². The monoisotopic (exact) mass is 667 g/mol. The van der Waals surface area contributed by atoms with E-state index in [1.165, 1.54) is 44.2 Å². The molecule has 52 heavy (non-hydrogen) atoms. The van der Waals surface area contributed by atoms with Crippen LogP contribution in [-0.4, -0.2) is 0 Å². The second-order valence-corrected chi connectivity index (χ2v) is 14.6.